The van der Waals surface area contributed by atoms with Crippen molar-refractivity contribution in [3.8, 4) is 22.8 Å². The van der Waals surface area contributed by atoms with Gasteiger partial charge in [0.2, 0.25) is 0 Å². The van der Waals surface area contributed by atoms with Crippen LogP contribution in [-0.2, 0) is 0 Å². The van der Waals surface area contributed by atoms with Crippen molar-refractivity contribution in [2.45, 2.75) is 20.8 Å². The lowest BCUT2D eigenvalue weighted by atomic mass is 10.1. The predicted molar refractivity (Wildman–Crippen MR) is 154 cm³/mol. The summed E-state index contributed by atoms with van der Waals surface area (Å²) in [6.45, 7) is 6.91. The number of carbonyl (C=O) groups excluding carboxylic acids is 1. The van der Waals surface area contributed by atoms with Gasteiger partial charge in [-0.25, -0.2) is 10.4 Å². The molecule has 4 rings (SSSR count). The van der Waals surface area contributed by atoms with Gasteiger partial charge in [0.25, 0.3) is 5.91 Å². The van der Waals surface area contributed by atoms with Crippen LogP contribution < -0.4 is 20.2 Å². The maximum absolute atomic E-state index is 12.6. The number of hydrogen-bond donors (Lipinski definition) is 2. The second-order valence-corrected chi connectivity index (χ2v) is 9.71. The highest BCUT2D eigenvalue weighted by Gasteiger charge is 2.12. The SMILES string of the molecule is CCOc1cc(/C=N\NC(=O)c2ccc(-c3csc(Nc4ccc(C)cc4)n3)cc2)cc(Br)c1OCC. The van der Waals surface area contributed by atoms with Crippen molar-refractivity contribution in [3.63, 3.8) is 0 Å². The molecule has 0 fully saturated rings. The molecule has 0 saturated carbocycles. The standard InChI is InChI=1S/C28H27BrN4O3S/c1-4-35-25-15-19(14-23(29)26(25)36-5-2)16-30-33-27(34)21-10-8-20(9-11-21)24-17-37-28(32-24)31-22-12-6-18(3)7-13-22/h6-17H,4-5H2,1-3H3,(H,31,32)(H,33,34)/b30-16-. The molecule has 2 N–H and O–H groups in total. The number of rotatable bonds is 10. The second-order valence-electron chi connectivity index (χ2n) is 8.00. The minimum absolute atomic E-state index is 0.308. The first-order chi connectivity index (χ1) is 18.0. The fourth-order valence-corrected chi connectivity index (χ4v) is 4.77. The fraction of sp³-hybridized carbons (Fsp3) is 0.179. The number of carbonyl (C=O) groups is 1. The molecule has 4 aromatic rings. The zero-order valence-electron chi connectivity index (χ0n) is 20.7. The van der Waals surface area contributed by atoms with E-state index >= 15 is 0 Å². The van der Waals surface area contributed by atoms with Crippen LogP contribution in [0.1, 0.15) is 35.3 Å². The Bertz CT molecular complexity index is 1390. The highest BCUT2D eigenvalue weighted by molar-refractivity contribution is 9.10. The average molecular weight is 580 g/mol. The van der Waals surface area contributed by atoms with Gasteiger partial charge in [0.05, 0.1) is 29.6 Å². The molecular formula is C28H27BrN4O3S. The fourth-order valence-electron chi connectivity index (χ4n) is 3.46. The van der Waals surface area contributed by atoms with Gasteiger partial charge < -0.3 is 14.8 Å². The average Bonchev–Trinajstić information content (AvgIpc) is 3.36. The first kappa shape index (κ1) is 26.4. The highest BCUT2D eigenvalue weighted by atomic mass is 79.9. The molecule has 0 saturated heterocycles. The van der Waals surface area contributed by atoms with Crippen LogP contribution in [0.25, 0.3) is 11.3 Å². The number of hydrazone groups is 1. The van der Waals surface area contributed by atoms with Crippen LogP contribution >= 0.6 is 27.3 Å². The van der Waals surface area contributed by atoms with Crippen LogP contribution in [-0.4, -0.2) is 30.3 Å². The third-order valence-electron chi connectivity index (χ3n) is 5.25. The van der Waals surface area contributed by atoms with Crippen LogP contribution in [0.5, 0.6) is 11.5 Å². The number of nitrogens with zero attached hydrogens (tertiary/aromatic N) is 2. The summed E-state index contributed by atoms with van der Waals surface area (Å²) in [7, 11) is 0. The molecule has 0 aliphatic carbocycles. The lowest BCUT2D eigenvalue weighted by Gasteiger charge is -2.13. The van der Waals surface area contributed by atoms with Gasteiger partial charge in [-0.3, -0.25) is 4.79 Å². The number of amides is 1. The number of halogens is 1. The van der Waals surface area contributed by atoms with E-state index < -0.39 is 0 Å². The molecule has 7 nitrogen and oxygen atoms in total. The predicted octanol–water partition coefficient (Wildman–Crippen LogP) is 7.19. The highest BCUT2D eigenvalue weighted by Crippen LogP contribution is 2.36. The Kier molecular flexibility index (Phi) is 8.92. The summed E-state index contributed by atoms with van der Waals surface area (Å²) >= 11 is 5.04. The topological polar surface area (TPSA) is 84.8 Å². The lowest BCUT2D eigenvalue weighted by molar-refractivity contribution is 0.0955. The van der Waals surface area contributed by atoms with Crippen LogP contribution in [0.3, 0.4) is 0 Å². The molecule has 190 valence electrons. The molecule has 0 radical (unpaired) electrons. The molecule has 0 aliphatic heterocycles. The molecular weight excluding hydrogens is 552 g/mol. The van der Waals surface area contributed by atoms with Gasteiger partial charge in [0.1, 0.15) is 0 Å². The number of hydrogen-bond acceptors (Lipinski definition) is 7. The Labute approximate surface area is 228 Å². The number of thiazole rings is 1. The summed E-state index contributed by atoms with van der Waals surface area (Å²) in [4.78, 5) is 17.2. The maximum atomic E-state index is 12.6. The molecule has 3 aromatic carbocycles. The Balaban J connectivity index is 1.38. The van der Waals surface area contributed by atoms with E-state index in [2.05, 4.69) is 55.8 Å². The van der Waals surface area contributed by atoms with E-state index in [1.807, 2.05) is 55.6 Å². The second kappa shape index (κ2) is 12.5. The third kappa shape index (κ3) is 6.96. The summed E-state index contributed by atoms with van der Waals surface area (Å²) in [5.74, 6) is 0.947. The van der Waals surface area contributed by atoms with Gasteiger partial charge in [-0.2, -0.15) is 5.10 Å². The zero-order valence-corrected chi connectivity index (χ0v) is 23.2. The summed E-state index contributed by atoms with van der Waals surface area (Å²) < 4.78 is 12.1. The van der Waals surface area contributed by atoms with Crippen LogP contribution in [0.4, 0.5) is 10.8 Å². The molecule has 0 spiro atoms. The summed E-state index contributed by atoms with van der Waals surface area (Å²) in [6, 6.07) is 19.1. The Hall–Kier alpha value is -3.69. The Morgan fingerprint density at radius 2 is 1.78 bits per heavy atom. The molecule has 1 heterocycles. The van der Waals surface area contributed by atoms with Crippen LogP contribution in [0, 0.1) is 6.92 Å². The summed E-state index contributed by atoms with van der Waals surface area (Å²) in [6.07, 6.45) is 1.56. The van der Waals surface area contributed by atoms with Crippen molar-refractivity contribution in [3.05, 3.63) is 87.2 Å². The van der Waals surface area contributed by atoms with Gasteiger partial charge in [0, 0.05) is 22.2 Å². The first-order valence-corrected chi connectivity index (χ1v) is 13.5. The quantitative estimate of drug-likeness (QED) is 0.154. The first-order valence-electron chi connectivity index (χ1n) is 11.8. The largest absolute Gasteiger partial charge is 0.490 e. The monoisotopic (exact) mass is 578 g/mol. The number of ether oxygens (including phenoxy) is 2. The molecule has 9 heteroatoms. The number of aromatic nitrogens is 1. The summed E-state index contributed by atoms with van der Waals surface area (Å²) in [5, 5.41) is 10.2. The summed E-state index contributed by atoms with van der Waals surface area (Å²) in [5.41, 5.74) is 7.80. The molecule has 1 amide bonds. The minimum atomic E-state index is -0.308. The van der Waals surface area contributed by atoms with Crippen LogP contribution in [0.2, 0.25) is 0 Å². The zero-order chi connectivity index (χ0) is 26.2. The minimum Gasteiger partial charge on any atom is -0.490 e. The maximum Gasteiger partial charge on any atom is 0.271 e. The third-order valence-corrected chi connectivity index (χ3v) is 6.60. The van der Waals surface area contributed by atoms with E-state index in [1.165, 1.54) is 16.9 Å². The Morgan fingerprint density at radius 1 is 1.05 bits per heavy atom. The molecule has 0 bridgehead atoms. The number of anilines is 2. The molecule has 1 aromatic heterocycles. The van der Waals surface area contributed by atoms with Crippen molar-refractivity contribution in [1.82, 2.24) is 10.4 Å². The van der Waals surface area contributed by atoms with Gasteiger partial charge >= 0.3 is 0 Å². The van der Waals surface area contributed by atoms with Crippen molar-refractivity contribution >= 4 is 50.2 Å². The van der Waals surface area contributed by atoms with Crippen molar-refractivity contribution in [2.75, 3.05) is 18.5 Å². The number of aryl methyl sites for hydroxylation is 1. The van der Waals surface area contributed by atoms with Gasteiger partial charge in [-0.1, -0.05) is 29.8 Å². The van der Waals surface area contributed by atoms with Crippen LogP contribution in [0.15, 0.2) is 75.6 Å². The number of nitrogens with one attached hydrogen (secondary N) is 2. The molecule has 37 heavy (non-hydrogen) atoms. The smallest absolute Gasteiger partial charge is 0.271 e. The van der Waals surface area contributed by atoms with E-state index in [0.29, 0.717) is 30.3 Å². The van der Waals surface area contributed by atoms with Crippen molar-refractivity contribution in [1.29, 1.82) is 0 Å². The molecule has 0 aliphatic rings. The van der Waals surface area contributed by atoms with Gasteiger partial charge in [-0.05, 0) is 78.7 Å². The van der Waals surface area contributed by atoms with E-state index in [4.69, 9.17) is 9.47 Å². The lowest BCUT2D eigenvalue weighted by Crippen LogP contribution is -2.17. The number of benzene rings is 3. The van der Waals surface area contributed by atoms with E-state index in [0.717, 1.165) is 32.1 Å². The normalized spacial score (nSPS) is 10.9. The van der Waals surface area contributed by atoms with Crippen molar-refractivity contribution < 1.29 is 14.3 Å². The van der Waals surface area contributed by atoms with Gasteiger partial charge in [0.15, 0.2) is 16.6 Å². The molecule has 0 atom stereocenters. The van der Waals surface area contributed by atoms with E-state index in [1.54, 1.807) is 18.3 Å². The Morgan fingerprint density at radius 3 is 2.49 bits per heavy atom. The molecule has 0 unspecified atom stereocenters. The van der Waals surface area contributed by atoms with E-state index in [-0.39, 0.29) is 5.91 Å². The van der Waals surface area contributed by atoms with E-state index in [9.17, 15) is 4.79 Å². The van der Waals surface area contributed by atoms with Crippen molar-refractivity contribution in [2.24, 2.45) is 5.10 Å². The van der Waals surface area contributed by atoms with Gasteiger partial charge in [-0.15, -0.1) is 11.3 Å².